The van der Waals surface area contributed by atoms with Crippen LogP contribution >= 0.6 is 0 Å². The third kappa shape index (κ3) is 2.59. The first-order valence-corrected chi connectivity index (χ1v) is 6.87. The Morgan fingerprint density at radius 2 is 2.00 bits per heavy atom. The highest BCUT2D eigenvalue weighted by Crippen LogP contribution is 2.42. The molecule has 0 radical (unpaired) electrons. The van der Waals surface area contributed by atoms with Gasteiger partial charge in [-0.25, -0.2) is 8.78 Å². The predicted octanol–water partition coefficient (Wildman–Crippen LogP) is 3.48. The summed E-state index contributed by atoms with van der Waals surface area (Å²) in [7, 11) is 0. The Morgan fingerprint density at radius 3 is 2.74 bits per heavy atom. The van der Waals surface area contributed by atoms with Crippen LogP contribution in [0.25, 0.3) is 0 Å². The number of alkyl halides is 2. The Bertz CT molecular complexity index is 463. The summed E-state index contributed by atoms with van der Waals surface area (Å²) in [5.41, 5.74) is 1.94. The van der Waals surface area contributed by atoms with E-state index in [2.05, 4.69) is 0 Å². The van der Waals surface area contributed by atoms with E-state index in [0.717, 1.165) is 23.3 Å². The second kappa shape index (κ2) is 4.75. The van der Waals surface area contributed by atoms with Gasteiger partial charge in [0.1, 0.15) is 5.75 Å². The maximum Gasteiger partial charge on any atom is 0.248 e. The summed E-state index contributed by atoms with van der Waals surface area (Å²) in [6.07, 6.45) is 0.787. The van der Waals surface area contributed by atoms with E-state index < -0.39 is 12.0 Å². The molecule has 2 nitrogen and oxygen atoms in total. The van der Waals surface area contributed by atoms with Gasteiger partial charge in [-0.05, 0) is 42.0 Å². The molecular weight excluding hydrogens is 250 g/mol. The van der Waals surface area contributed by atoms with Gasteiger partial charge >= 0.3 is 0 Å². The van der Waals surface area contributed by atoms with Gasteiger partial charge in [0.15, 0.2) is 0 Å². The van der Waals surface area contributed by atoms with Crippen LogP contribution in [-0.2, 0) is 6.42 Å². The number of hydrogen-bond donors (Lipinski definition) is 1. The Labute approximate surface area is 111 Å². The van der Waals surface area contributed by atoms with Crippen molar-refractivity contribution in [1.82, 2.24) is 0 Å². The molecule has 1 saturated carbocycles. The SMILES string of the molecule is OC(c1ccc2c(c1)CCO2)C1CCC(F)(F)CC1. The van der Waals surface area contributed by atoms with Gasteiger partial charge in [-0.2, -0.15) is 0 Å². The van der Waals surface area contributed by atoms with Crippen LogP contribution in [0.5, 0.6) is 5.75 Å². The highest BCUT2D eigenvalue weighted by Gasteiger charge is 2.37. The molecule has 4 heteroatoms. The summed E-state index contributed by atoms with van der Waals surface area (Å²) in [5, 5.41) is 10.4. The monoisotopic (exact) mass is 268 g/mol. The third-order valence-electron chi connectivity index (χ3n) is 4.26. The van der Waals surface area contributed by atoms with Gasteiger partial charge in [0.2, 0.25) is 5.92 Å². The Hall–Kier alpha value is -1.16. The molecule has 2 aliphatic rings. The van der Waals surface area contributed by atoms with Crippen LogP contribution in [0.4, 0.5) is 8.78 Å². The predicted molar refractivity (Wildman–Crippen MR) is 67.5 cm³/mol. The zero-order chi connectivity index (χ0) is 13.5. The lowest BCUT2D eigenvalue weighted by atomic mass is 9.81. The van der Waals surface area contributed by atoms with E-state index in [1.807, 2.05) is 18.2 Å². The molecule has 1 unspecified atom stereocenters. The molecule has 1 heterocycles. The molecule has 19 heavy (non-hydrogen) atoms. The lowest BCUT2D eigenvalue weighted by molar-refractivity contribution is -0.0627. The van der Waals surface area contributed by atoms with Gasteiger partial charge in [-0.15, -0.1) is 0 Å². The second-order valence-corrected chi connectivity index (χ2v) is 5.60. The number of ether oxygens (including phenoxy) is 1. The fraction of sp³-hybridized carbons (Fsp3) is 0.600. The van der Waals surface area contributed by atoms with E-state index in [1.165, 1.54) is 0 Å². The average molecular weight is 268 g/mol. The molecule has 0 bridgehead atoms. The van der Waals surface area contributed by atoms with E-state index in [-0.39, 0.29) is 18.8 Å². The van der Waals surface area contributed by atoms with E-state index in [4.69, 9.17) is 4.74 Å². The number of rotatable bonds is 2. The third-order valence-corrected chi connectivity index (χ3v) is 4.26. The molecule has 1 fully saturated rings. The maximum atomic E-state index is 13.1. The Balaban J connectivity index is 1.72. The van der Waals surface area contributed by atoms with Crippen LogP contribution in [0.1, 0.15) is 42.9 Å². The summed E-state index contributed by atoms with van der Waals surface area (Å²) < 4.78 is 31.7. The first-order chi connectivity index (χ1) is 9.05. The summed E-state index contributed by atoms with van der Waals surface area (Å²) in [5.74, 6) is -1.71. The minimum atomic E-state index is -2.54. The fourth-order valence-corrected chi connectivity index (χ4v) is 3.04. The number of aliphatic hydroxyl groups excluding tert-OH is 1. The lowest BCUT2D eigenvalue weighted by Gasteiger charge is -2.31. The molecule has 3 rings (SSSR count). The number of benzene rings is 1. The lowest BCUT2D eigenvalue weighted by Crippen LogP contribution is -2.27. The van der Waals surface area contributed by atoms with Crippen LogP contribution in [0.15, 0.2) is 18.2 Å². The molecule has 0 amide bonds. The highest BCUT2D eigenvalue weighted by atomic mass is 19.3. The molecule has 0 saturated heterocycles. The van der Waals surface area contributed by atoms with Crippen LogP contribution in [0.2, 0.25) is 0 Å². The summed E-state index contributed by atoms with van der Waals surface area (Å²) >= 11 is 0. The van der Waals surface area contributed by atoms with Crippen LogP contribution in [0, 0.1) is 5.92 Å². The molecule has 1 atom stereocenters. The van der Waals surface area contributed by atoms with Gasteiger partial charge in [0, 0.05) is 19.3 Å². The number of fused-ring (bicyclic) bond motifs is 1. The normalized spacial score (nSPS) is 23.7. The number of hydrogen-bond acceptors (Lipinski definition) is 2. The minimum Gasteiger partial charge on any atom is -0.493 e. The van der Waals surface area contributed by atoms with E-state index in [1.54, 1.807) is 0 Å². The first kappa shape index (κ1) is 12.9. The van der Waals surface area contributed by atoms with Crippen molar-refractivity contribution in [2.45, 2.75) is 44.1 Å². The van der Waals surface area contributed by atoms with Crippen molar-refractivity contribution in [3.8, 4) is 5.75 Å². The van der Waals surface area contributed by atoms with Crippen molar-refractivity contribution < 1.29 is 18.6 Å². The van der Waals surface area contributed by atoms with Crippen LogP contribution in [-0.4, -0.2) is 17.6 Å². The topological polar surface area (TPSA) is 29.5 Å². The summed E-state index contributed by atoms with van der Waals surface area (Å²) in [4.78, 5) is 0. The average Bonchev–Trinajstić information content (AvgIpc) is 2.85. The maximum absolute atomic E-state index is 13.1. The second-order valence-electron chi connectivity index (χ2n) is 5.60. The zero-order valence-corrected chi connectivity index (χ0v) is 10.7. The van der Waals surface area contributed by atoms with Gasteiger partial charge in [0.25, 0.3) is 0 Å². The molecular formula is C15H18F2O2. The Kier molecular flexibility index (Phi) is 3.21. The molecule has 1 aromatic carbocycles. The fourth-order valence-electron chi connectivity index (χ4n) is 3.04. The molecule has 1 N–H and O–H groups in total. The molecule has 104 valence electrons. The smallest absolute Gasteiger partial charge is 0.248 e. The van der Waals surface area contributed by atoms with E-state index in [9.17, 15) is 13.9 Å². The highest BCUT2D eigenvalue weighted by molar-refractivity contribution is 5.40. The number of halogens is 2. The van der Waals surface area contributed by atoms with Crippen molar-refractivity contribution in [1.29, 1.82) is 0 Å². The van der Waals surface area contributed by atoms with Crippen molar-refractivity contribution in [2.75, 3.05) is 6.61 Å². The molecule has 0 aromatic heterocycles. The molecule has 1 aliphatic carbocycles. The van der Waals surface area contributed by atoms with Crippen molar-refractivity contribution in [3.63, 3.8) is 0 Å². The van der Waals surface area contributed by atoms with E-state index in [0.29, 0.717) is 19.4 Å². The van der Waals surface area contributed by atoms with Gasteiger partial charge < -0.3 is 9.84 Å². The van der Waals surface area contributed by atoms with Crippen molar-refractivity contribution in [3.05, 3.63) is 29.3 Å². The number of aliphatic hydroxyl groups is 1. The van der Waals surface area contributed by atoms with Gasteiger partial charge in [-0.1, -0.05) is 6.07 Å². The van der Waals surface area contributed by atoms with Crippen molar-refractivity contribution in [2.24, 2.45) is 5.92 Å². The quantitative estimate of drug-likeness (QED) is 0.889. The van der Waals surface area contributed by atoms with Crippen LogP contribution < -0.4 is 4.74 Å². The standard InChI is InChI=1S/C15H18F2O2/c16-15(17)6-3-10(4-7-15)14(18)12-1-2-13-11(9-12)5-8-19-13/h1-2,9-10,14,18H,3-8H2. The zero-order valence-electron chi connectivity index (χ0n) is 10.7. The Morgan fingerprint density at radius 1 is 1.26 bits per heavy atom. The summed E-state index contributed by atoms with van der Waals surface area (Å²) in [6, 6.07) is 5.68. The molecule has 0 spiro atoms. The van der Waals surface area contributed by atoms with E-state index >= 15 is 0 Å². The van der Waals surface area contributed by atoms with Crippen LogP contribution in [0.3, 0.4) is 0 Å². The first-order valence-electron chi connectivity index (χ1n) is 6.87. The van der Waals surface area contributed by atoms with Crippen molar-refractivity contribution >= 4 is 0 Å². The molecule has 1 aliphatic heterocycles. The minimum absolute atomic E-state index is 0.0556. The largest absolute Gasteiger partial charge is 0.493 e. The van der Waals surface area contributed by atoms with Gasteiger partial charge in [0.05, 0.1) is 12.7 Å². The summed E-state index contributed by atoms with van der Waals surface area (Å²) in [6.45, 7) is 0.685. The molecule has 1 aromatic rings. The van der Waals surface area contributed by atoms with Gasteiger partial charge in [-0.3, -0.25) is 0 Å².